The number of nitrogens with zero attached hydrogens (tertiary/aromatic N) is 2. The minimum atomic E-state index is 0.893. The van der Waals surface area contributed by atoms with Crippen molar-refractivity contribution in [2.24, 2.45) is 0 Å². The average molecular weight is 705 g/mol. The maximum absolute atomic E-state index is 6.57. The third-order valence-corrected chi connectivity index (χ3v) is 11.3. The summed E-state index contributed by atoms with van der Waals surface area (Å²) in [5, 5.41) is 9.39. The number of para-hydroxylation sites is 1. The first-order valence-electron chi connectivity index (χ1n) is 18.9. The van der Waals surface area contributed by atoms with Crippen molar-refractivity contribution in [1.29, 1.82) is 0 Å². The molecule has 0 bridgehead atoms. The number of anilines is 3. The standard InChI is InChI=1S/C52H36N2O/c1-33-20-27-48-44(30-33)45-31-34(2)21-28-49(45)53(48)36-22-24-37(25-23-36)54(47-29-26-38(35-12-4-3-5-13-35)39-14-6-7-15-40(39)47)50-32-46-42-17-10-11-19-51(42)55-52(46)43-18-9-8-16-41(43)50/h3-32H,1-2H3. The summed E-state index contributed by atoms with van der Waals surface area (Å²) in [5.74, 6) is 0. The van der Waals surface area contributed by atoms with Crippen molar-refractivity contribution in [2.45, 2.75) is 13.8 Å². The van der Waals surface area contributed by atoms with Crippen LogP contribution in [0.2, 0.25) is 0 Å². The summed E-state index contributed by atoms with van der Waals surface area (Å²) >= 11 is 0. The van der Waals surface area contributed by atoms with E-state index < -0.39 is 0 Å². The summed E-state index contributed by atoms with van der Waals surface area (Å²) in [7, 11) is 0. The molecular weight excluding hydrogens is 669 g/mol. The molecule has 0 N–H and O–H groups in total. The third kappa shape index (κ3) is 4.90. The van der Waals surface area contributed by atoms with Crippen LogP contribution < -0.4 is 4.90 Å². The summed E-state index contributed by atoms with van der Waals surface area (Å²) in [4.78, 5) is 2.45. The van der Waals surface area contributed by atoms with Gasteiger partial charge in [-0.25, -0.2) is 0 Å². The van der Waals surface area contributed by atoms with Crippen molar-refractivity contribution in [2.75, 3.05) is 4.90 Å². The van der Waals surface area contributed by atoms with Gasteiger partial charge in [0.25, 0.3) is 0 Å². The minimum Gasteiger partial charge on any atom is -0.455 e. The van der Waals surface area contributed by atoms with Gasteiger partial charge in [-0.2, -0.15) is 0 Å². The van der Waals surface area contributed by atoms with Crippen LogP contribution in [0.4, 0.5) is 17.1 Å². The van der Waals surface area contributed by atoms with E-state index >= 15 is 0 Å². The molecule has 55 heavy (non-hydrogen) atoms. The molecule has 0 aliphatic carbocycles. The smallest absolute Gasteiger partial charge is 0.143 e. The molecule has 0 saturated heterocycles. The first kappa shape index (κ1) is 31.4. The molecule has 11 rings (SSSR count). The Labute approximate surface area is 318 Å². The number of aryl methyl sites for hydroxylation is 2. The van der Waals surface area contributed by atoms with E-state index in [-0.39, 0.29) is 0 Å². The number of fused-ring (bicyclic) bond motifs is 9. The van der Waals surface area contributed by atoms with Crippen LogP contribution in [0.1, 0.15) is 11.1 Å². The lowest BCUT2D eigenvalue weighted by Crippen LogP contribution is -2.11. The SMILES string of the molecule is Cc1ccc2c(c1)c1cc(C)ccc1n2-c1ccc(N(c2ccc(-c3ccccc3)c3ccccc23)c2cc3c4ccccc4oc3c3ccccc23)cc1. The number of aromatic nitrogens is 1. The average Bonchev–Trinajstić information content (AvgIpc) is 3.77. The fraction of sp³-hybridized carbons (Fsp3) is 0.0385. The van der Waals surface area contributed by atoms with Crippen LogP contribution in [0.5, 0.6) is 0 Å². The number of furan rings is 1. The van der Waals surface area contributed by atoms with Crippen LogP contribution in [0.15, 0.2) is 186 Å². The molecule has 11 aromatic rings. The Morgan fingerprint density at radius 1 is 0.418 bits per heavy atom. The molecule has 0 unspecified atom stereocenters. The second-order valence-electron chi connectivity index (χ2n) is 14.7. The van der Waals surface area contributed by atoms with Gasteiger partial charge in [-0.1, -0.05) is 126 Å². The topological polar surface area (TPSA) is 21.3 Å². The highest BCUT2D eigenvalue weighted by atomic mass is 16.3. The van der Waals surface area contributed by atoms with E-state index in [1.165, 1.54) is 54.8 Å². The Kier molecular flexibility index (Phi) is 6.99. The van der Waals surface area contributed by atoms with Crippen LogP contribution in [0.25, 0.3) is 82.1 Å². The van der Waals surface area contributed by atoms with Gasteiger partial charge in [0.05, 0.1) is 22.4 Å². The van der Waals surface area contributed by atoms with Gasteiger partial charge >= 0.3 is 0 Å². The molecular formula is C52H36N2O. The van der Waals surface area contributed by atoms with Crippen molar-refractivity contribution < 1.29 is 4.42 Å². The van der Waals surface area contributed by atoms with E-state index in [2.05, 4.69) is 199 Å². The predicted octanol–water partition coefficient (Wildman–Crippen LogP) is 14.7. The minimum absolute atomic E-state index is 0.893. The lowest BCUT2D eigenvalue weighted by molar-refractivity contribution is 0.672. The summed E-state index contributed by atoms with van der Waals surface area (Å²) in [6, 6.07) is 66.1. The van der Waals surface area contributed by atoms with Gasteiger partial charge in [-0.3, -0.25) is 0 Å². The molecule has 9 aromatic carbocycles. The summed E-state index contributed by atoms with van der Waals surface area (Å²) in [6.07, 6.45) is 0. The third-order valence-electron chi connectivity index (χ3n) is 11.3. The van der Waals surface area contributed by atoms with Crippen molar-refractivity contribution >= 4 is 82.4 Å². The van der Waals surface area contributed by atoms with Crippen LogP contribution >= 0.6 is 0 Å². The fourth-order valence-electron chi connectivity index (χ4n) is 8.75. The molecule has 0 amide bonds. The van der Waals surface area contributed by atoms with Crippen LogP contribution in [-0.4, -0.2) is 4.57 Å². The Hall–Kier alpha value is -7.10. The van der Waals surface area contributed by atoms with Gasteiger partial charge in [-0.15, -0.1) is 0 Å². The van der Waals surface area contributed by atoms with E-state index in [0.29, 0.717) is 0 Å². The van der Waals surface area contributed by atoms with E-state index in [0.717, 1.165) is 55.5 Å². The van der Waals surface area contributed by atoms with Crippen LogP contribution in [-0.2, 0) is 0 Å². The quantitative estimate of drug-likeness (QED) is 0.178. The molecule has 0 spiro atoms. The first-order valence-corrected chi connectivity index (χ1v) is 18.9. The molecule has 3 nitrogen and oxygen atoms in total. The van der Waals surface area contributed by atoms with Gasteiger partial charge in [0.15, 0.2) is 0 Å². The monoisotopic (exact) mass is 704 g/mol. The first-order chi connectivity index (χ1) is 27.1. The second kappa shape index (κ2) is 12.2. The van der Waals surface area contributed by atoms with Gasteiger partial charge in [-0.05, 0) is 97.1 Å². The van der Waals surface area contributed by atoms with E-state index in [4.69, 9.17) is 4.42 Å². The molecule has 260 valence electrons. The van der Waals surface area contributed by atoms with E-state index in [1.807, 2.05) is 6.07 Å². The lowest BCUT2D eigenvalue weighted by atomic mass is 9.95. The number of hydrogen-bond donors (Lipinski definition) is 0. The number of hydrogen-bond acceptors (Lipinski definition) is 2. The Morgan fingerprint density at radius 2 is 1.00 bits per heavy atom. The van der Waals surface area contributed by atoms with Crippen LogP contribution in [0, 0.1) is 13.8 Å². The Balaban J connectivity index is 1.18. The fourth-order valence-corrected chi connectivity index (χ4v) is 8.75. The lowest BCUT2D eigenvalue weighted by Gasteiger charge is -2.29. The Morgan fingerprint density at radius 3 is 1.69 bits per heavy atom. The van der Waals surface area contributed by atoms with Gasteiger partial charge in [0, 0.05) is 49.1 Å². The summed E-state index contributed by atoms with van der Waals surface area (Å²) in [5.41, 5.74) is 13.6. The van der Waals surface area contributed by atoms with Crippen molar-refractivity contribution in [1.82, 2.24) is 4.57 Å². The molecule has 0 saturated carbocycles. The normalized spacial score (nSPS) is 11.8. The van der Waals surface area contributed by atoms with Gasteiger partial charge in [0.2, 0.25) is 0 Å². The maximum atomic E-state index is 6.57. The highest BCUT2D eigenvalue weighted by molar-refractivity contribution is 6.20. The molecule has 0 atom stereocenters. The molecule has 0 fully saturated rings. The Bertz CT molecular complexity index is 3220. The van der Waals surface area contributed by atoms with Crippen molar-refractivity contribution in [3.8, 4) is 16.8 Å². The second-order valence-corrected chi connectivity index (χ2v) is 14.7. The molecule has 0 aliphatic heterocycles. The van der Waals surface area contributed by atoms with Gasteiger partial charge < -0.3 is 13.9 Å². The highest BCUT2D eigenvalue weighted by Gasteiger charge is 2.23. The molecule has 0 radical (unpaired) electrons. The zero-order chi connectivity index (χ0) is 36.6. The largest absolute Gasteiger partial charge is 0.455 e. The zero-order valence-corrected chi connectivity index (χ0v) is 30.6. The molecule has 2 aromatic heterocycles. The van der Waals surface area contributed by atoms with Gasteiger partial charge in [0.1, 0.15) is 11.2 Å². The summed E-state index contributed by atoms with van der Waals surface area (Å²) in [6.45, 7) is 4.34. The van der Waals surface area contributed by atoms with E-state index in [9.17, 15) is 0 Å². The van der Waals surface area contributed by atoms with Crippen LogP contribution in [0.3, 0.4) is 0 Å². The van der Waals surface area contributed by atoms with Crippen molar-refractivity contribution in [3.05, 3.63) is 193 Å². The maximum Gasteiger partial charge on any atom is 0.143 e. The predicted molar refractivity (Wildman–Crippen MR) is 233 cm³/mol. The number of rotatable bonds is 5. The molecule has 3 heteroatoms. The molecule has 0 aliphatic rings. The summed E-state index contributed by atoms with van der Waals surface area (Å²) < 4.78 is 8.97. The van der Waals surface area contributed by atoms with Crippen molar-refractivity contribution in [3.63, 3.8) is 0 Å². The molecule has 2 heterocycles. The number of benzene rings is 9. The van der Waals surface area contributed by atoms with E-state index in [1.54, 1.807) is 0 Å². The highest BCUT2D eigenvalue weighted by Crippen LogP contribution is 2.47. The zero-order valence-electron chi connectivity index (χ0n) is 30.6.